The van der Waals surface area contributed by atoms with Crippen molar-refractivity contribution >= 4 is 17.2 Å². The highest BCUT2D eigenvalue weighted by atomic mass is 19.1. The molecule has 0 atom stereocenters. The molecule has 6 heteroatoms. The van der Waals surface area contributed by atoms with E-state index in [4.69, 9.17) is 0 Å². The standard InChI is InChI=1S/C13H9FN4O/c14-11-2-1-4-16-12(11)17-13(19)9-3-5-18-8-15-7-10(18)6-9/h1-8H,(H,16,17,19). The van der Waals surface area contributed by atoms with E-state index in [1.165, 1.54) is 18.3 Å². The molecule has 94 valence electrons. The third-order valence-corrected chi connectivity index (χ3v) is 2.67. The fourth-order valence-electron chi connectivity index (χ4n) is 1.72. The molecule has 0 aliphatic heterocycles. The number of nitrogens with zero attached hydrogens (tertiary/aromatic N) is 3. The number of rotatable bonds is 2. The highest BCUT2D eigenvalue weighted by molar-refractivity contribution is 6.04. The minimum absolute atomic E-state index is 0.0825. The van der Waals surface area contributed by atoms with Gasteiger partial charge in [0.25, 0.3) is 5.91 Å². The summed E-state index contributed by atoms with van der Waals surface area (Å²) >= 11 is 0. The number of amides is 1. The zero-order valence-corrected chi connectivity index (χ0v) is 9.75. The number of hydrogen-bond acceptors (Lipinski definition) is 3. The van der Waals surface area contributed by atoms with E-state index in [1.54, 1.807) is 35.3 Å². The molecule has 0 saturated heterocycles. The van der Waals surface area contributed by atoms with E-state index in [2.05, 4.69) is 15.3 Å². The van der Waals surface area contributed by atoms with Crippen molar-refractivity contribution in [1.82, 2.24) is 14.4 Å². The van der Waals surface area contributed by atoms with Crippen LogP contribution in [0.15, 0.2) is 49.2 Å². The van der Waals surface area contributed by atoms with Gasteiger partial charge in [-0.15, -0.1) is 0 Å². The molecular formula is C13H9FN4O. The quantitative estimate of drug-likeness (QED) is 0.764. The average molecular weight is 256 g/mol. The van der Waals surface area contributed by atoms with Crippen LogP contribution >= 0.6 is 0 Å². The topological polar surface area (TPSA) is 59.3 Å². The molecule has 0 unspecified atom stereocenters. The second-order valence-electron chi connectivity index (χ2n) is 3.93. The number of imidazole rings is 1. The number of anilines is 1. The van der Waals surface area contributed by atoms with Gasteiger partial charge in [-0.05, 0) is 24.3 Å². The van der Waals surface area contributed by atoms with Gasteiger partial charge in [-0.2, -0.15) is 0 Å². The average Bonchev–Trinajstić information content (AvgIpc) is 2.88. The van der Waals surface area contributed by atoms with Crippen LogP contribution in [0.4, 0.5) is 10.2 Å². The van der Waals surface area contributed by atoms with Crippen molar-refractivity contribution in [3.8, 4) is 0 Å². The third kappa shape index (κ3) is 2.15. The highest BCUT2D eigenvalue weighted by Crippen LogP contribution is 2.12. The van der Waals surface area contributed by atoms with Gasteiger partial charge in [0.05, 0.1) is 18.0 Å². The summed E-state index contributed by atoms with van der Waals surface area (Å²) in [5.41, 5.74) is 1.20. The normalized spacial score (nSPS) is 10.6. The van der Waals surface area contributed by atoms with E-state index >= 15 is 0 Å². The summed E-state index contributed by atoms with van der Waals surface area (Å²) in [5, 5.41) is 2.43. The van der Waals surface area contributed by atoms with Crippen LogP contribution in [0.2, 0.25) is 0 Å². The Kier molecular flexibility index (Phi) is 2.68. The van der Waals surface area contributed by atoms with Gasteiger partial charge in [0, 0.05) is 18.0 Å². The maximum Gasteiger partial charge on any atom is 0.257 e. The highest BCUT2D eigenvalue weighted by Gasteiger charge is 2.10. The number of nitrogens with one attached hydrogen (secondary N) is 1. The molecule has 0 aliphatic carbocycles. The van der Waals surface area contributed by atoms with Crippen molar-refractivity contribution in [2.45, 2.75) is 0 Å². The van der Waals surface area contributed by atoms with Crippen molar-refractivity contribution in [3.05, 3.63) is 60.6 Å². The van der Waals surface area contributed by atoms with E-state index < -0.39 is 11.7 Å². The molecule has 5 nitrogen and oxygen atoms in total. The van der Waals surface area contributed by atoms with E-state index in [1.807, 2.05) is 0 Å². The lowest BCUT2D eigenvalue weighted by atomic mass is 10.2. The molecular weight excluding hydrogens is 247 g/mol. The molecule has 0 bridgehead atoms. The summed E-state index contributed by atoms with van der Waals surface area (Å²) < 4.78 is 15.2. The van der Waals surface area contributed by atoms with Crippen molar-refractivity contribution < 1.29 is 9.18 Å². The number of hydrogen-bond donors (Lipinski definition) is 1. The van der Waals surface area contributed by atoms with Crippen LogP contribution < -0.4 is 5.32 Å². The van der Waals surface area contributed by atoms with Gasteiger partial charge in [-0.3, -0.25) is 4.79 Å². The first-order chi connectivity index (χ1) is 9.24. The second-order valence-corrected chi connectivity index (χ2v) is 3.93. The lowest BCUT2D eigenvalue weighted by Gasteiger charge is -2.05. The number of carbonyl (C=O) groups is 1. The number of pyridine rings is 2. The summed E-state index contributed by atoms with van der Waals surface area (Å²) in [6, 6.07) is 6.00. The van der Waals surface area contributed by atoms with Gasteiger partial charge in [-0.25, -0.2) is 14.4 Å². The van der Waals surface area contributed by atoms with Crippen molar-refractivity contribution in [1.29, 1.82) is 0 Å². The molecule has 3 aromatic heterocycles. The predicted octanol–water partition coefficient (Wildman–Crippen LogP) is 2.12. The summed E-state index contributed by atoms with van der Waals surface area (Å²) in [7, 11) is 0. The first kappa shape index (κ1) is 11.3. The lowest BCUT2D eigenvalue weighted by molar-refractivity contribution is 0.102. The van der Waals surface area contributed by atoms with Crippen LogP contribution in [0.1, 0.15) is 10.4 Å². The third-order valence-electron chi connectivity index (χ3n) is 2.67. The summed E-state index contributed by atoms with van der Waals surface area (Å²) in [6.07, 6.45) is 6.40. The van der Waals surface area contributed by atoms with Crippen LogP contribution in [-0.2, 0) is 0 Å². The molecule has 0 saturated carbocycles. The Hall–Kier alpha value is -2.76. The van der Waals surface area contributed by atoms with Crippen LogP contribution in [-0.4, -0.2) is 20.3 Å². The zero-order valence-electron chi connectivity index (χ0n) is 9.75. The summed E-state index contributed by atoms with van der Waals surface area (Å²) in [6.45, 7) is 0. The largest absolute Gasteiger partial charge is 0.306 e. The molecule has 3 rings (SSSR count). The number of halogens is 1. The number of fused-ring (bicyclic) bond motifs is 1. The minimum atomic E-state index is -0.568. The summed E-state index contributed by atoms with van der Waals surface area (Å²) in [4.78, 5) is 19.7. The van der Waals surface area contributed by atoms with Crippen LogP contribution in [0.5, 0.6) is 0 Å². The van der Waals surface area contributed by atoms with Crippen molar-refractivity contribution in [2.75, 3.05) is 5.32 Å². The van der Waals surface area contributed by atoms with E-state index in [0.29, 0.717) is 5.56 Å². The first-order valence-corrected chi connectivity index (χ1v) is 5.57. The molecule has 0 aromatic carbocycles. The van der Waals surface area contributed by atoms with Gasteiger partial charge in [0.15, 0.2) is 11.6 Å². The second kappa shape index (κ2) is 4.49. The van der Waals surface area contributed by atoms with Gasteiger partial charge >= 0.3 is 0 Å². The molecule has 3 aromatic rings. The Balaban J connectivity index is 1.89. The molecule has 19 heavy (non-hydrogen) atoms. The van der Waals surface area contributed by atoms with Crippen LogP contribution in [0.25, 0.3) is 5.52 Å². The van der Waals surface area contributed by atoms with Gasteiger partial charge in [0.1, 0.15) is 0 Å². The molecule has 1 amide bonds. The first-order valence-electron chi connectivity index (χ1n) is 5.57. The van der Waals surface area contributed by atoms with E-state index in [9.17, 15) is 9.18 Å². The van der Waals surface area contributed by atoms with E-state index in [0.717, 1.165) is 5.52 Å². The number of aromatic nitrogens is 3. The number of carbonyl (C=O) groups excluding carboxylic acids is 1. The molecule has 3 heterocycles. The monoisotopic (exact) mass is 256 g/mol. The van der Waals surface area contributed by atoms with E-state index in [-0.39, 0.29) is 5.82 Å². The van der Waals surface area contributed by atoms with Crippen LogP contribution in [0.3, 0.4) is 0 Å². The molecule has 0 spiro atoms. The molecule has 0 aliphatic rings. The maximum absolute atomic E-state index is 13.4. The molecule has 1 N–H and O–H groups in total. The maximum atomic E-state index is 13.4. The Labute approximate surface area is 107 Å². The lowest BCUT2D eigenvalue weighted by Crippen LogP contribution is -2.14. The molecule has 0 fully saturated rings. The summed E-state index contributed by atoms with van der Waals surface area (Å²) in [5.74, 6) is -1.07. The van der Waals surface area contributed by atoms with Gasteiger partial charge in [0.2, 0.25) is 0 Å². The van der Waals surface area contributed by atoms with Gasteiger partial charge < -0.3 is 9.72 Å². The van der Waals surface area contributed by atoms with Crippen molar-refractivity contribution in [2.24, 2.45) is 0 Å². The minimum Gasteiger partial charge on any atom is -0.306 e. The predicted molar refractivity (Wildman–Crippen MR) is 67.3 cm³/mol. The fourth-order valence-corrected chi connectivity index (χ4v) is 1.72. The SMILES string of the molecule is O=C(Nc1ncccc1F)c1ccn2cncc2c1. The Morgan fingerprint density at radius 2 is 2.26 bits per heavy atom. The Morgan fingerprint density at radius 3 is 3.11 bits per heavy atom. The zero-order chi connectivity index (χ0) is 13.2. The smallest absolute Gasteiger partial charge is 0.257 e. The van der Waals surface area contributed by atoms with Crippen LogP contribution in [0, 0.1) is 5.82 Å². The molecule has 0 radical (unpaired) electrons. The fraction of sp³-hybridized carbons (Fsp3) is 0. The van der Waals surface area contributed by atoms with Gasteiger partial charge in [-0.1, -0.05) is 0 Å². The van der Waals surface area contributed by atoms with Crippen molar-refractivity contribution in [3.63, 3.8) is 0 Å². The Bertz CT molecular complexity index is 753. The Morgan fingerprint density at radius 1 is 1.37 bits per heavy atom.